The first kappa shape index (κ1) is 34.8. The van der Waals surface area contributed by atoms with E-state index in [9.17, 15) is 0 Å². The number of furan rings is 1. The van der Waals surface area contributed by atoms with E-state index >= 15 is 0 Å². The van der Waals surface area contributed by atoms with Crippen molar-refractivity contribution in [3.8, 4) is 5.69 Å². The van der Waals surface area contributed by atoms with E-state index in [4.69, 9.17) is 4.42 Å². The Bertz CT molecular complexity index is 3190. The number of nitrogens with zero attached hydrogens (tertiary/aromatic N) is 2. The molecule has 0 N–H and O–H groups in total. The summed E-state index contributed by atoms with van der Waals surface area (Å²) in [5, 5.41) is 4.09. The number of para-hydroxylation sites is 2. The van der Waals surface area contributed by atoms with Crippen LogP contribution >= 0.6 is 0 Å². The minimum Gasteiger partial charge on any atom is -0.461 e. The molecule has 3 aromatic heterocycles. The minimum atomic E-state index is 0.0430. The molecule has 0 radical (unpaired) electrons. The topological polar surface area (TPSA) is 23.0 Å². The molecule has 6 aromatic rings. The van der Waals surface area contributed by atoms with Crippen LogP contribution in [0.2, 0.25) is 0 Å². The van der Waals surface area contributed by atoms with E-state index in [0.717, 1.165) is 62.5 Å². The van der Waals surface area contributed by atoms with Gasteiger partial charge in [-0.05, 0) is 138 Å². The Kier molecular flexibility index (Phi) is 7.52. The first-order chi connectivity index (χ1) is 29.5. The smallest absolute Gasteiger partial charge is 0.130 e. The molecule has 60 heavy (non-hydrogen) atoms. The lowest BCUT2D eigenvalue weighted by atomic mass is 9.69. The highest BCUT2D eigenvalue weighted by atomic mass is 16.3. The maximum atomic E-state index is 6.94. The number of fused-ring (bicyclic) bond motifs is 11. The van der Waals surface area contributed by atoms with Gasteiger partial charge in [0.1, 0.15) is 11.2 Å². The molecule has 7 aliphatic rings. The molecule has 3 heteroatoms. The van der Waals surface area contributed by atoms with Gasteiger partial charge in [-0.15, -0.1) is 0 Å². The van der Waals surface area contributed by atoms with E-state index in [-0.39, 0.29) is 11.5 Å². The lowest BCUT2D eigenvalue weighted by Gasteiger charge is -2.35. The second-order valence-corrected chi connectivity index (χ2v) is 18.8. The van der Waals surface area contributed by atoms with Crippen LogP contribution in [-0.4, -0.2) is 9.13 Å². The van der Waals surface area contributed by atoms with Crippen LogP contribution in [0.5, 0.6) is 0 Å². The predicted octanol–water partition coefficient (Wildman–Crippen LogP) is 12.4. The zero-order valence-electron chi connectivity index (χ0n) is 34.6. The van der Waals surface area contributed by atoms with E-state index in [1.165, 1.54) is 77.5 Å². The lowest BCUT2D eigenvalue weighted by molar-refractivity contribution is 0.318. The van der Waals surface area contributed by atoms with Crippen LogP contribution in [0.1, 0.15) is 97.3 Å². The van der Waals surface area contributed by atoms with Gasteiger partial charge in [-0.2, -0.15) is 0 Å². The summed E-state index contributed by atoms with van der Waals surface area (Å²) < 4.78 is 12.1. The summed E-state index contributed by atoms with van der Waals surface area (Å²) in [7, 11) is 0. The van der Waals surface area contributed by atoms with E-state index in [0.29, 0.717) is 17.8 Å². The minimum absolute atomic E-state index is 0.0430. The van der Waals surface area contributed by atoms with Crippen molar-refractivity contribution in [1.29, 1.82) is 0 Å². The number of aryl methyl sites for hydroxylation is 1. The fraction of sp³-hybridized carbons (Fsp3) is 0.263. The molecule has 0 spiro atoms. The standard InChI is InChI=1S/C57H50N2O/c1-57(2)48-23-10-6-17-39(48)42-21-14-22-43(56(42)57)47-33-38(34-54-55(47)44-20-9-13-26-53(44)60-54)59-50-25-12-8-19-41(50)46-32-36(28-30-52(46)59)35-27-29-51-45(31-35)40-18-7-11-24-49(40)58(51)37-15-4-3-5-16-37/h3-6,8,10-12,15-17,19-20,22-31,33,36,38-39,48H,7,9,13-14,18,21,32,34H2,1-2H3. The highest BCUT2D eigenvalue weighted by Gasteiger charge is 2.49. The van der Waals surface area contributed by atoms with Crippen LogP contribution in [0.3, 0.4) is 0 Å². The lowest BCUT2D eigenvalue weighted by Crippen LogP contribution is -2.28. The Labute approximate surface area is 352 Å². The Balaban J connectivity index is 0.941. The monoisotopic (exact) mass is 778 g/mol. The summed E-state index contributed by atoms with van der Waals surface area (Å²) in [5.41, 5.74) is 19.4. The number of benzene rings is 3. The average molecular weight is 779 g/mol. The molecule has 7 aliphatic carbocycles. The molecule has 3 heterocycles. The Morgan fingerprint density at radius 1 is 0.700 bits per heavy atom. The van der Waals surface area contributed by atoms with E-state index in [2.05, 4.69) is 169 Å². The molecule has 3 aromatic carbocycles. The van der Waals surface area contributed by atoms with Crippen LogP contribution in [0, 0.1) is 17.3 Å². The third-order valence-corrected chi connectivity index (χ3v) is 15.3. The fourth-order valence-electron chi connectivity index (χ4n) is 12.7. The van der Waals surface area contributed by atoms with Crippen LogP contribution in [0.4, 0.5) is 0 Å². The summed E-state index contributed by atoms with van der Waals surface area (Å²) in [6.07, 6.45) is 37.5. The summed E-state index contributed by atoms with van der Waals surface area (Å²) in [4.78, 5) is 0. The van der Waals surface area contributed by atoms with Gasteiger partial charge in [0.2, 0.25) is 0 Å². The fourth-order valence-corrected chi connectivity index (χ4v) is 12.7. The molecular formula is C57H50N2O. The largest absolute Gasteiger partial charge is 0.461 e. The molecule has 0 fully saturated rings. The van der Waals surface area contributed by atoms with E-state index < -0.39 is 0 Å². The van der Waals surface area contributed by atoms with Crippen molar-refractivity contribution >= 4 is 51.7 Å². The molecule has 0 amide bonds. The number of aromatic nitrogens is 2. The summed E-state index contributed by atoms with van der Waals surface area (Å²) in [5.74, 6) is 2.44. The zero-order valence-corrected chi connectivity index (χ0v) is 34.6. The molecule has 3 nitrogen and oxygen atoms in total. The number of allylic oxidation sites excluding steroid dienone is 12. The summed E-state index contributed by atoms with van der Waals surface area (Å²) >= 11 is 0. The van der Waals surface area contributed by atoms with Crippen molar-refractivity contribution in [3.63, 3.8) is 0 Å². The van der Waals surface area contributed by atoms with Crippen LogP contribution in [0.25, 0.3) is 57.4 Å². The number of hydrogen-bond donors (Lipinski definition) is 0. The van der Waals surface area contributed by atoms with Crippen LogP contribution in [0.15, 0.2) is 143 Å². The van der Waals surface area contributed by atoms with Gasteiger partial charge < -0.3 is 13.6 Å². The van der Waals surface area contributed by atoms with Gasteiger partial charge in [-0.3, -0.25) is 0 Å². The van der Waals surface area contributed by atoms with Crippen LogP contribution < -0.4 is 10.6 Å². The van der Waals surface area contributed by atoms with E-state index in [1.807, 2.05) is 0 Å². The second-order valence-electron chi connectivity index (χ2n) is 18.8. The Morgan fingerprint density at radius 2 is 1.57 bits per heavy atom. The van der Waals surface area contributed by atoms with Gasteiger partial charge in [0.05, 0.1) is 11.6 Å². The molecule has 13 rings (SSSR count). The number of hydrogen-bond acceptors (Lipinski definition) is 1. The Morgan fingerprint density at radius 3 is 2.50 bits per heavy atom. The molecular weight excluding hydrogens is 729 g/mol. The van der Waals surface area contributed by atoms with Crippen molar-refractivity contribution in [2.24, 2.45) is 17.3 Å². The SMILES string of the molecule is CC1(C)C2=C(CCC=C2C2=CC(n3c4c(c5ccccc53)CC(c3ccc5c(c3)c3c(n5-c5ccccc5)C=CCC3)C=C4)Cc3oc4c(c32)=CCCC=4)C2C=CC=CC21. The molecule has 294 valence electrons. The zero-order chi connectivity index (χ0) is 39.7. The highest BCUT2D eigenvalue weighted by molar-refractivity contribution is 5.93. The second kappa shape index (κ2) is 13.0. The number of rotatable bonds is 4. The average Bonchev–Trinajstić information content (AvgIpc) is 4.01. The molecule has 0 aliphatic heterocycles. The van der Waals surface area contributed by atoms with Gasteiger partial charge in [-0.1, -0.05) is 117 Å². The van der Waals surface area contributed by atoms with Crippen molar-refractivity contribution in [1.82, 2.24) is 9.13 Å². The van der Waals surface area contributed by atoms with Gasteiger partial charge in [0.15, 0.2) is 0 Å². The first-order valence-corrected chi connectivity index (χ1v) is 22.6. The molecule has 4 unspecified atom stereocenters. The normalized spacial score (nSPS) is 24.2. The van der Waals surface area contributed by atoms with Gasteiger partial charge in [-0.25, -0.2) is 0 Å². The van der Waals surface area contributed by atoms with Gasteiger partial charge in [0.25, 0.3) is 0 Å². The van der Waals surface area contributed by atoms with Crippen molar-refractivity contribution in [3.05, 3.63) is 188 Å². The van der Waals surface area contributed by atoms with Crippen LogP contribution in [-0.2, 0) is 19.3 Å². The van der Waals surface area contributed by atoms with Crippen molar-refractivity contribution < 1.29 is 4.42 Å². The third-order valence-electron chi connectivity index (χ3n) is 15.3. The highest BCUT2D eigenvalue weighted by Crippen LogP contribution is 2.60. The van der Waals surface area contributed by atoms with E-state index in [1.54, 1.807) is 11.1 Å². The quantitative estimate of drug-likeness (QED) is 0.175. The maximum Gasteiger partial charge on any atom is 0.130 e. The van der Waals surface area contributed by atoms with Gasteiger partial charge >= 0.3 is 0 Å². The van der Waals surface area contributed by atoms with Gasteiger partial charge in [0, 0.05) is 62.4 Å². The summed E-state index contributed by atoms with van der Waals surface area (Å²) in [6.45, 7) is 5.00. The molecule has 0 bridgehead atoms. The Hall–Kier alpha value is -6.06. The molecule has 0 saturated carbocycles. The first-order valence-electron chi connectivity index (χ1n) is 22.6. The van der Waals surface area contributed by atoms with Crippen molar-refractivity contribution in [2.45, 2.75) is 77.2 Å². The molecule has 4 atom stereocenters. The predicted molar refractivity (Wildman–Crippen MR) is 248 cm³/mol. The van der Waals surface area contributed by atoms with Crippen molar-refractivity contribution in [2.75, 3.05) is 0 Å². The maximum absolute atomic E-state index is 6.94. The molecule has 0 saturated heterocycles. The summed E-state index contributed by atoms with van der Waals surface area (Å²) in [6, 6.07) is 27.5. The third kappa shape index (κ3) is 4.89.